The lowest BCUT2D eigenvalue weighted by Crippen LogP contribution is -2.34. The Hall–Kier alpha value is -2.77. The number of aryl methyl sites for hydroxylation is 3. The second kappa shape index (κ2) is 7.93. The molecule has 4 rings (SSSR count). The van der Waals surface area contributed by atoms with Gasteiger partial charge < -0.3 is 0 Å². The molecule has 0 aliphatic heterocycles. The molecule has 3 heterocycles. The smallest absolute Gasteiger partial charge is 0.250 e. The average molecular weight is 426 g/mol. The molecule has 4 aromatic rings. The van der Waals surface area contributed by atoms with Gasteiger partial charge in [-0.2, -0.15) is 5.10 Å². The predicted octanol–water partition coefficient (Wildman–Crippen LogP) is 4.70. The summed E-state index contributed by atoms with van der Waals surface area (Å²) in [7, 11) is 0. The first-order valence-electron chi connectivity index (χ1n) is 9.19. The molecular formula is C21H20ClN5OS. The third kappa shape index (κ3) is 4.16. The second-order valence-corrected chi connectivity index (χ2v) is 8.40. The summed E-state index contributed by atoms with van der Waals surface area (Å²) in [6, 6.07) is 11.4. The predicted molar refractivity (Wildman–Crippen MR) is 116 cm³/mol. The monoisotopic (exact) mass is 425 g/mol. The van der Waals surface area contributed by atoms with Gasteiger partial charge in [-0.1, -0.05) is 29.0 Å². The van der Waals surface area contributed by atoms with E-state index in [0.717, 1.165) is 32.9 Å². The number of pyridine rings is 1. The van der Waals surface area contributed by atoms with Crippen molar-refractivity contribution in [3.05, 3.63) is 70.3 Å². The fourth-order valence-electron chi connectivity index (χ4n) is 3.22. The number of carbonyl (C=O) groups excluding carboxylic acids is 1. The van der Waals surface area contributed by atoms with Crippen LogP contribution in [0.25, 0.3) is 10.2 Å². The number of nitrogens with zero attached hydrogens (tertiary/aromatic N) is 5. The Morgan fingerprint density at radius 3 is 2.72 bits per heavy atom. The molecule has 0 saturated heterocycles. The van der Waals surface area contributed by atoms with E-state index in [0.29, 0.717) is 16.7 Å². The molecular weight excluding hydrogens is 406 g/mol. The van der Waals surface area contributed by atoms with Crippen LogP contribution in [0.1, 0.15) is 22.6 Å². The molecule has 0 radical (unpaired) electrons. The van der Waals surface area contributed by atoms with E-state index in [4.69, 9.17) is 16.6 Å². The summed E-state index contributed by atoms with van der Waals surface area (Å²) in [5, 5.41) is 5.71. The second-order valence-electron chi connectivity index (χ2n) is 6.95. The lowest BCUT2D eigenvalue weighted by atomic mass is 10.2. The lowest BCUT2D eigenvalue weighted by Gasteiger charge is -2.20. The zero-order valence-corrected chi connectivity index (χ0v) is 18.0. The first-order chi connectivity index (χ1) is 13.9. The van der Waals surface area contributed by atoms with Crippen molar-refractivity contribution >= 4 is 44.2 Å². The van der Waals surface area contributed by atoms with Gasteiger partial charge in [0, 0.05) is 16.9 Å². The number of halogens is 1. The number of aromatic nitrogens is 4. The van der Waals surface area contributed by atoms with E-state index in [1.165, 1.54) is 11.3 Å². The Morgan fingerprint density at radius 1 is 1.21 bits per heavy atom. The number of anilines is 1. The molecule has 0 bridgehead atoms. The van der Waals surface area contributed by atoms with Gasteiger partial charge in [0.1, 0.15) is 6.54 Å². The van der Waals surface area contributed by atoms with Gasteiger partial charge in [-0.05, 0) is 56.7 Å². The van der Waals surface area contributed by atoms with Gasteiger partial charge in [0.05, 0.1) is 28.1 Å². The highest BCUT2D eigenvalue weighted by Gasteiger charge is 2.22. The van der Waals surface area contributed by atoms with Gasteiger partial charge in [0.2, 0.25) is 0 Å². The van der Waals surface area contributed by atoms with Crippen molar-refractivity contribution in [1.82, 2.24) is 19.7 Å². The first-order valence-corrected chi connectivity index (χ1v) is 10.4. The van der Waals surface area contributed by atoms with E-state index >= 15 is 0 Å². The van der Waals surface area contributed by atoms with Gasteiger partial charge in [0.25, 0.3) is 5.91 Å². The molecule has 148 valence electrons. The normalized spacial score (nSPS) is 11.2. The molecule has 8 heteroatoms. The van der Waals surface area contributed by atoms with Crippen LogP contribution in [0, 0.1) is 20.8 Å². The van der Waals surface area contributed by atoms with E-state index in [2.05, 4.69) is 10.1 Å². The maximum Gasteiger partial charge on any atom is 0.250 e. The standard InChI is InChI=1S/C21H20ClN5OS/c1-13-8-16(22)10-18-20(13)24-21(29-18)26(11-17-6-4-5-7-23-17)19(28)12-27-15(3)9-14(2)25-27/h4-10H,11-12H2,1-3H3. The first kappa shape index (κ1) is 19.5. The molecule has 0 fully saturated rings. The third-order valence-electron chi connectivity index (χ3n) is 4.61. The zero-order valence-electron chi connectivity index (χ0n) is 16.4. The van der Waals surface area contributed by atoms with Crippen molar-refractivity contribution in [2.75, 3.05) is 4.90 Å². The third-order valence-corrected chi connectivity index (χ3v) is 5.85. The number of carbonyl (C=O) groups is 1. The van der Waals surface area contributed by atoms with Crippen molar-refractivity contribution in [1.29, 1.82) is 0 Å². The summed E-state index contributed by atoms with van der Waals surface area (Å²) in [5.74, 6) is -0.0929. The van der Waals surface area contributed by atoms with E-state index in [9.17, 15) is 4.79 Å². The van der Waals surface area contributed by atoms with Crippen LogP contribution in [0.15, 0.2) is 42.6 Å². The van der Waals surface area contributed by atoms with Crippen LogP contribution in [-0.2, 0) is 17.9 Å². The molecule has 0 N–H and O–H groups in total. The Balaban J connectivity index is 1.72. The highest BCUT2D eigenvalue weighted by atomic mass is 35.5. The Labute approximate surface area is 177 Å². The summed E-state index contributed by atoms with van der Waals surface area (Å²) in [6.45, 7) is 6.31. The Bertz CT molecular complexity index is 1180. The number of hydrogen-bond donors (Lipinski definition) is 0. The van der Waals surface area contributed by atoms with Crippen LogP contribution in [0.2, 0.25) is 5.02 Å². The zero-order chi connectivity index (χ0) is 20.5. The molecule has 0 unspecified atom stereocenters. The summed E-state index contributed by atoms with van der Waals surface area (Å²) < 4.78 is 2.67. The number of fused-ring (bicyclic) bond motifs is 1. The largest absolute Gasteiger partial charge is 0.280 e. The molecule has 0 aliphatic rings. The molecule has 0 aliphatic carbocycles. The molecule has 1 aromatic carbocycles. The summed E-state index contributed by atoms with van der Waals surface area (Å²) in [4.78, 5) is 24.1. The van der Waals surface area contributed by atoms with Crippen molar-refractivity contribution in [2.45, 2.75) is 33.9 Å². The van der Waals surface area contributed by atoms with Crippen molar-refractivity contribution in [3.8, 4) is 0 Å². The number of rotatable bonds is 5. The SMILES string of the molecule is Cc1cc(C)n(CC(=O)N(Cc2ccccn2)c2nc3c(C)cc(Cl)cc3s2)n1. The number of amides is 1. The van der Waals surface area contributed by atoms with Gasteiger partial charge in [-0.15, -0.1) is 0 Å². The minimum atomic E-state index is -0.0929. The van der Waals surface area contributed by atoms with Crippen LogP contribution in [0.5, 0.6) is 0 Å². The topological polar surface area (TPSA) is 63.9 Å². The fourth-order valence-corrected chi connectivity index (χ4v) is 4.66. The molecule has 29 heavy (non-hydrogen) atoms. The highest BCUT2D eigenvalue weighted by Crippen LogP contribution is 2.33. The van der Waals surface area contributed by atoms with Crippen molar-refractivity contribution in [3.63, 3.8) is 0 Å². The van der Waals surface area contributed by atoms with Crippen LogP contribution >= 0.6 is 22.9 Å². The van der Waals surface area contributed by atoms with Crippen LogP contribution in [-0.4, -0.2) is 25.7 Å². The van der Waals surface area contributed by atoms with Gasteiger partial charge in [0.15, 0.2) is 5.13 Å². The molecule has 6 nitrogen and oxygen atoms in total. The Morgan fingerprint density at radius 2 is 2.03 bits per heavy atom. The van der Waals surface area contributed by atoms with Gasteiger partial charge >= 0.3 is 0 Å². The van der Waals surface area contributed by atoms with Gasteiger partial charge in [-0.25, -0.2) is 4.98 Å². The molecule has 0 spiro atoms. The highest BCUT2D eigenvalue weighted by molar-refractivity contribution is 7.22. The van der Waals surface area contributed by atoms with Crippen molar-refractivity contribution < 1.29 is 4.79 Å². The summed E-state index contributed by atoms with van der Waals surface area (Å²) in [5.41, 5.74) is 4.47. The van der Waals surface area contributed by atoms with E-state index in [-0.39, 0.29) is 12.5 Å². The van der Waals surface area contributed by atoms with Crippen LogP contribution in [0.4, 0.5) is 5.13 Å². The van der Waals surface area contributed by atoms with E-state index in [1.54, 1.807) is 15.8 Å². The lowest BCUT2D eigenvalue weighted by molar-refractivity contribution is -0.119. The van der Waals surface area contributed by atoms with E-state index < -0.39 is 0 Å². The maximum atomic E-state index is 13.3. The average Bonchev–Trinajstić information content (AvgIpc) is 3.23. The fraction of sp³-hybridized carbons (Fsp3) is 0.238. The molecule has 0 saturated carbocycles. The Kier molecular flexibility index (Phi) is 5.34. The van der Waals surface area contributed by atoms with E-state index in [1.807, 2.05) is 57.2 Å². The minimum Gasteiger partial charge on any atom is -0.280 e. The molecule has 3 aromatic heterocycles. The molecule has 1 amide bonds. The minimum absolute atomic E-state index is 0.0929. The van der Waals surface area contributed by atoms with Crippen LogP contribution in [0.3, 0.4) is 0 Å². The van der Waals surface area contributed by atoms with Gasteiger partial charge in [-0.3, -0.25) is 19.4 Å². The van der Waals surface area contributed by atoms with Crippen molar-refractivity contribution in [2.24, 2.45) is 0 Å². The maximum absolute atomic E-state index is 13.3. The number of hydrogen-bond acceptors (Lipinski definition) is 5. The number of thiazole rings is 1. The van der Waals surface area contributed by atoms with Crippen LogP contribution < -0.4 is 4.90 Å². The quantitative estimate of drug-likeness (QED) is 0.465. The number of benzene rings is 1. The summed E-state index contributed by atoms with van der Waals surface area (Å²) in [6.07, 6.45) is 1.72. The molecule has 0 atom stereocenters. The summed E-state index contributed by atoms with van der Waals surface area (Å²) >= 11 is 7.66.